The van der Waals surface area contributed by atoms with Crippen molar-refractivity contribution in [2.24, 2.45) is 0 Å². The van der Waals surface area contributed by atoms with Crippen LogP contribution in [0.3, 0.4) is 0 Å². The van der Waals surface area contributed by atoms with Crippen molar-refractivity contribution < 1.29 is 14.6 Å². The standard InChI is InChI=1S/C19H23N7O4/c1-19(2,30-3)10-25-14-8-12(23-13-9-20-6-7-21-13)24-26(14)18(29)15(17(25)28)16(27)22-11-4-5-11/h6-9,11,28H,4-5,10H2,1-3H3,(H,22,27)(H,21,23,24). The molecule has 0 aliphatic heterocycles. The van der Waals surface area contributed by atoms with Gasteiger partial charge in [-0.1, -0.05) is 0 Å². The van der Waals surface area contributed by atoms with Crippen LogP contribution >= 0.6 is 0 Å². The minimum Gasteiger partial charge on any atom is -0.494 e. The predicted octanol–water partition coefficient (Wildman–Crippen LogP) is 1.05. The summed E-state index contributed by atoms with van der Waals surface area (Å²) in [4.78, 5) is 33.8. The van der Waals surface area contributed by atoms with Gasteiger partial charge in [-0.15, -0.1) is 5.10 Å². The fourth-order valence-corrected chi connectivity index (χ4v) is 3.00. The molecule has 30 heavy (non-hydrogen) atoms. The van der Waals surface area contributed by atoms with Gasteiger partial charge in [-0.25, -0.2) is 4.98 Å². The first kappa shape index (κ1) is 19.8. The Labute approximate surface area is 171 Å². The Morgan fingerprint density at radius 1 is 1.33 bits per heavy atom. The number of ether oxygens (including phenoxy) is 1. The third-order valence-corrected chi connectivity index (χ3v) is 4.90. The minimum atomic E-state index is -0.709. The van der Waals surface area contributed by atoms with Gasteiger partial charge in [0.25, 0.3) is 11.5 Å². The van der Waals surface area contributed by atoms with Crippen molar-refractivity contribution in [1.29, 1.82) is 0 Å². The van der Waals surface area contributed by atoms with E-state index in [-0.39, 0.29) is 18.2 Å². The second kappa shape index (κ2) is 7.41. The van der Waals surface area contributed by atoms with Crippen LogP contribution in [0.4, 0.5) is 11.6 Å². The number of rotatable bonds is 7. The largest absolute Gasteiger partial charge is 0.494 e. The van der Waals surface area contributed by atoms with Gasteiger partial charge in [0.05, 0.1) is 18.3 Å². The van der Waals surface area contributed by atoms with Gasteiger partial charge >= 0.3 is 0 Å². The number of aromatic hydroxyl groups is 1. The summed E-state index contributed by atoms with van der Waals surface area (Å²) < 4.78 is 8.01. The molecule has 0 spiro atoms. The Balaban J connectivity index is 1.85. The van der Waals surface area contributed by atoms with Gasteiger partial charge in [0, 0.05) is 31.6 Å². The topological polar surface area (TPSA) is 136 Å². The monoisotopic (exact) mass is 413 g/mol. The predicted molar refractivity (Wildman–Crippen MR) is 108 cm³/mol. The molecule has 11 nitrogen and oxygen atoms in total. The molecule has 0 aromatic carbocycles. The van der Waals surface area contributed by atoms with E-state index in [0.29, 0.717) is 17.3 Å². The number of methoxy groups -OCH3 is 1. The first-order chi connectivity index (χ1) is 14.3. The Bertz CT molecular complexity index is 1150. The third kappa shape index (κ3) is 3.83. The first-order valence-electron chi connectivity index (χ1n) is 9.53. The number of nitrogens with one attached hydrogen (secondary N) is 2. The van der Waals surface area contributed by atoms with E-state index in [0.717, 1.165) is 17.4 Å². The molecular formula is C19H23N7O4. The van der Waals surface area contributed by atoms with Crippen LogP contribution in [-0.4, -0.2) is 53.9 Å². The summed E-state index contributed by atoms with van der Waals surface area (Å²) in [6.45, 7) is 3.85. The van der Waals surface area contributed by atoms with E-state index >= 15 is 0 Å². The molecule has 0 saturated heterocycles. The van der Waals surface area contributed by atoms with Crippen molar-refractivity contribution in [1.82, 2.24) is 29.5 Å². The highest BCUT2D eigenvalue weighted by atomic mass is 16.5. The normalized spacial score (nSPS) is 14.1. The van der Waals surface area contributed by atoms with Gasteiger partial charge in [0.15, 0.2) is 11.4 Å². The van der Waals surface area contributed by atoms with Gasteiger partial charge in [-0.2, -0.15) is 4.52 Å². The van der Waals surface area contributed by atoms with E-state index in [1.54, 1.807) is 13.2 Å². The summed E-state index contributed by atoms with van der Waals surface area (Å²) in [7, 11) is 1.55. The number of nitrogens with zero attached hydrogens (tertiary/aromatic N) is 5. The number of anilines is 2. The zero-order valence-electron chi connectivity index (χ0n) is 16.9. The molecule has 11 heteroatoms. The van der Waals surface area contributed by atoms with E-state index in [1.165, 1.54) is 23.2 Å². The summed E-state index contributed by atoms with van der Waals surface area (Å²) in [6, 6.07) is 1.62. The van der Waals surface area contributed by atoms with Crippen molar-refractivity contribution in [3.63, 3.8) is 0 Å². The number of carbonyl (C=O) groups is 1. The third-order valence-electron chi connectivity index (χ3n) is 4.90. The van der Waals surface area contributed by atoms with Gasteiger partial charge in [0.2, 0.25) is 5.88 Å². The lowest BCUT2D eigenvalue weighted by atomic mass is 10.1. The highest BCUT2D eigenvalue weighted by Gasteiger charge is 2.31. The van der Waals surface area contributed by atoms with Gasteiger partial charge in [-0.05, 0) is 26.7 Å². The highest BCUT2D eigenvalue weighted by molar-refractivity contribution is 5.96. The molecule has 0 radical (unpaired) electrons. The second-order valence-corrected chi connectivity index (χ2v) is 7.82. The van der Waals surface area contributed by atoms with Crippen molar-refractivity contribution in [2.75, 3.05) is 12.4 Å². The molecule has 3 aromatic rings. The average molecular weight is 413 g/mol. The minimum absolute atomic E-state index is 0.0300. The maximum atomic E-state index is 13.0. The molecule has 1 fully saturated rings. The fourth-order valence-electron chi connectivity index (χ4n) is 3.00. The molecule has 0 atom stereocenters. The van der Waals surface area contributed by atoms with Crippen LogP contribution in [0.5, 0.6) is 5.88 Å². The smallest absolute Gasteiger partial charge is 0.291 e. The SMILES string of the molecule is COC(C)(C)Cn1c(O)c(C(=O)NC2CC2)c(=O)n2nc(Nc3cnccn3)cc12. The Kier molecular flexibility index (Phi) is 4.90. The summed E-state index contributed by atoms with van der Waals surface area (Å²) >= 11 is 0. The van der Waals surface area contributed by atoms with Crippen LogP contribution in [0, 0.1) is 0 Å². The van der Waals surface area contributed by atoms with E-state index in [4.69, 9.17) is 4.74 Å². The van der Waals surface area contributed by atoms with E-state index in [2.05, 4.69) is 25.7 Å². The zero-order valence-corrected chi connectivity index (χ0v) is 16.9. The van der Waals surface area contributed by atoms with Crippen LogP contribution in [0.25, 0.3) is 5.65 Å². The number of aromatic nitrogens is 5. The van der Waals surface area contributed by atoms with Crippen LogP contribution in [-0.2, 0) is 11.3 Å². The molecule has 0 bridgehead atoms. The molecule has 3 N–H and O–H groups in total. The summed E-state index contributed by atoms with van der Waals surface area (Å²) in [5, 5.41) is 20.9. The van der Waals surface area contributed by atoms with Crippen LogP contribution in [0.2, 0.25) is 0 Å². The lowest BCUT2D eigenvalue weighted by molar-refractivity contribution is 0.00715. The van der Waals surface area contributed by atoms with Crippen molar-refractivity contribution in [3.8, 4) is 5.88 Å². The van der Waals surface area contributed by atoms with Gasteiger partial charge < -0.3 is 20.5 Å². The maximum absolute atomic E-state index is 13.0. The average Bonchev–Trinajstić information content (AvgIpc) is 3.42. The lowest BCUT2D eigenvalue weighted by Gasteiger charge is -2.26. The van der Waals surface area contributed by atoms with Crippen molar-refractivity contribution in [3.05, 3.63) is 40.6 Å². The number of amides is 1. The first-order valence-corrected chi connectivity index (χ1v) is 9.53. The molecule has 1 saturated carbocycles. The number of hydrogen-bond acceptors (Lipinski definition) is 8. The molecule has 0 unspecified atom stereocenters. The van der Waals surface area contributed by atoms with E-state index < -0.39 is 22.9 Å². The van der Waals surface area contributed by atoms with Gasteiger partial charge in [-0.3, -0.25) is 19.1 Å². The Hall–Kier alpha value is -3.47. The molecule has 1 amide bonds. The number of fused-ring (bicyclic) bond motifs is 1. The maximum Gasteiger partial charge on any atom is 0.291 e. The highest BCUT2D eigenvalue weighted by Crippen LogP contribution is 2.25. The summed E-state index contributed by atoms with van der Waals surface area (Å²) in [5.41, 5.74) is -1.44. The van der Waals surface area contributed by atoms with Crippen molar-refractivity contribution >= 4 is 23.2 Å². The number of hydrogen-bond donors (Lipinski definition) is 3. The van der Waals surface area contributed by atoms with E-state index in [9.17, 15) is 14.7 Å². The van der Waals surface area contributed by atoms with Crippen molar-refractivity contribution in [2.45, 2.75) is 44.9 Å². The van der Waals surface area contributed by atoms with Crippen LogP contribution < -0.4 is 16.2 Å². The number of carbonyl (C=O) groups excluding carboxylic acids is 1. The fraction of sp³-hybridized carbons (Fsp3) is 0.421. The van der Waals surface area contributed by atoms with E-state index in [1.807, 2.05) is 13.8 Å². The van der Waals surface area contributed by atoms with Gasteiger partial charge in [0.1, 0.15) is 11.5 Å². The Morgan fingerprint density at radius 2 is 2.10 bits per heavy atom. The second-order valence-electron chi connectivity index (χ2n) is 7.82. The molecule has 1 aliphatic carbocycles. The lowest BCUT2D eigenvalue weighted by Crippen LogP contribution is -2.36. The molecule has 158 valence electrons. The molecule has 3 heterocycles. The summed E-state index contributed by atoms with van der Waals surface area (Å²) in [6.07, 6.45) is 6.27. The molecular weight excluding hydrogens is 390 g/mol. The summed E-state index contributed by atoms with van der Waals surface area (Å²) in [5.74, 6) is -0.296. The van der Waals surface area contributed by atoms with Crippen LogP contribution in [0.1, 0.15) is 37.0 Å². The molecule has 4 rings (SSSR count). The Morgan fingerprint density at radius 3 is 2.73 bits per heavy atom. The quantitative estimate of drug-likeness (QED) is 0.523. The molecule has 1 aliphatic rings. The zero-order chi connectivity index (χ0) is 21.5. The van der Waals surface area contributed by atoms with Crippen LogP contribution in [0.15, 0.2) is 29.5 Å². The molecule has 3 aromatic heterocycles.